The molecule has 2 aliphatic rings. The molecule has 1 fully saturated rings. The molecule has 2 aliphatic heterocycles. The number of aliphatic imine (C=N–C) groups is 1. The Morgan fingerprint density at radius 2 is 2.10 bits per heavy atom. The number of thiophene rings is 2. The summed E-state index contributed by atoms with van der Waals surface area (Å²) >= 11 is 9.69. The van der Waals surface area contributed by atoms with Gasteiger partial charge in [-0.1, -0.05) is 17.7 Å². The van der Waals surface area contributed by atoms with Gasteiger partial charge in [-0.05, 0) is 48.6 Å². The van der Waals surface area contributed by atoms with E-state index >= 15 is 0 Å². The van der Waals surface area contributed by atoms with E-state index < -0.39 is 20.1 Å². The van der Waals surface area contributed by atoms with Crippen LogP contribution in [0, 0.1) is 0 Å². The highest BCUT2D eigenvalue weighted by molar-refractivity contribution is 7.93. The van der Waals surface area contributed by atoms with Crippen molar-refractivity contribution in [3.05, 3.63) is 51.8 Å². The Bertz CT molecular complexity index is 1280. The second-order valence-corrected chi connectivity index (χ2v) is 12.7. The van der Waals surface area contributed by atoms with Gasteiger partial charge in [0.2, 0.25) is 0 Å². The van der Waals surface area contributed by atoms with E-state index in [0.717, 1.165) is 21.0 Å². The maximum absolute atomic E-state index is 13.3. The molecule has 0 amide bonds. The molecule has 1 saturated heterocycles. The van der Waals surface area contributed by atoms with E-state index in [1.54, 1.807) is 24.5 Å². The average Bonchev–Trinajstić information content (AvgIpc) is 3.47. The standard InChI is InChI=1S/C21H20ClN3O3S3/c1-20(12-31(26,27)21(19(23)25-20)5-7-28-11-21)18-14(22)10-17(30-18)13-4-6-24-15(9-13)16-3-2-8-29-16/h2-4,6,8-10H,5,7,11-12H2,1H3,(H2,23,25). The zero-order valence-corrected chi connectivity index (χ0v) is 19.9. The van der Waals surface area contributed by atoms with E-state index in [-0.39, 0.29) is 18.2 Å². The van der Waals surface area contributed by atoms with Crippen LogP contribution < -0.4 is 5.73 Å². The predicted molar refractivity (Wildman–Crippen MR) is 127 cm³/mol. The van der Waals surface area contributed by atoms with E-state index in [2.05, 4.69) is 4.98 Å². The predicted octanol–water partition coefficient (Wildman–Crippen LogP) is 4.35. The van der Waals surface area contributed by atoms with Crippen LogP contribution >= 0.6 is 34.3 Å². The van der Waals surface area contributed by atoms with Crippen molar-refractivity contribution in [2.75, 3.05) is 19.0 Å². The van der Waals surface area contributed by atoms with Gasteiger partial charge in [0.1, 0.15) is 11.4 Å². The topological polar surface area (TPSA) is 94.6 Å². The maximum Gasteiger partial charge on any atom is 0.168 e. The minimum absolute atomic E-state index is 0.0622. The molecule has 0 aromatic carbocycles. The molecule has 2 N–H and O–H groups in total. The quantitative estimate of drug-likeness (QED) is 0.585. The molecule has 2 atom stereocenters. The lowest BCUT2D eigenvalue weighted by molar-refractivity contribution is 0.194. The van der Waals surface area contributed by atoms with E-state index in [1.165, 1.54) is 11.3 Å². The van der Waals surface area contributed by atoms with Crippen LogP contribution in [0.1, 0.15) is 18.2 Å². The minimum Gasteiger partial charge on any atom is -0.386 e. The molecule has 0 radical (unpaired) electrons. The number of nitrogens with two attached hydrogens (primary N) is 1. The Morgan fingerprint density at radius 1 is 1.26 bits per heavy atom. The molecule has 6 nitrogen and oxygen atoms in total. The van der Waals surface area contributed by atoms with Crippen LogP contribution in [0.4, 0.5) is 0 Å². The van der Waals surface area contributed by atoms with Crippen LogP contribution in [0.3, 0.4) is 0 Å². The van der Waals surface area contributed by atoms with Crippen LogP contribution in [0.5, 0.6) is 0 Å². The van der Waals surface area contributed by atoms with Crippen LogP contribution in [-0.2, 0) is 20.1 Å². The van der Waals surface area contributed by atoms with E-state index in [4.69, 9.17) is 27.1 Å². The zero-order valence-electron chi connectivity index (χ0n) is 16.7. The number of nitrogens with zero attached hydrogens (tertiary/aromatic N) is 2. The van der Waals surface area contributed by atoms with Gasteiger partial charge in [-0.25, -0.2) is 8.42 Å². The van der Waals surface area contributed by atoms with Crippen LogP contribution in [-0.4, -0.2) is 43.0 Å². The van der Waals surface area contributed by atoms with Gasteiger partial charge in [-0.3, -0.25) is 9.98 Å². The highest BCUT2D eigenvalue weighted by atomic mass is 35.5. The normalized spacial score (nSPS) is 27.5. The number of ether oxygens (including phenoxy) is 1. The lowest BCUT2D eigenvalue weighted by atomic mass is 10.0. The van der Waals surface area contributed by atoms with Crippen molar-refractivity contribution in [2.45, 2.75) is 23.6 Å². The Hall–Kier alpha value is -1.78. The molecule has 1 spiro atoms. The summed E-state index contributed by atoms with van der Waals surface area (Å²) in [4.78, 5) is 11.9. The summed E-state index contributed by atoms with van der Waals surface area (Å²) in [7, 11) is -3.58. The molecule has 162 valence electrons. The summed E-state index contributed by atoms with van der Waals surface area (Å²) in [6, 6.07) is 9.81. The summed E-state index contributed by atoms with van der Waals surface area (Å²) in [5.41, 5.74) is 7.06. The fraction of sp³-hybridized carbons (Fsp3) is 0.333. The summed E-state index contributed by atoms with van der Waals surface area (Å²) < 4.78 is 30.7. The van der Waals surface area contributed by atoms with E-state index in [0.29, 0.717) is 22.9 Å². The van der Waals surface area contributed by atoms with Gasteiger partial charge in [0.15, 0.2) is 14.6 Å². The molecule has 0 aliphatic carbocycles. The second kappa shape index (κ2) is 7.38. The number of amidine groups is 1. The average molecular weight is 494 g/mol. The van der Waals surface area contributed by atoms with Crippen LogP contribution in [0.25, 0.3) is 21.0 Å². The van der Waals surface area contributed by atoms with Gasteiger partial charge >= 0.3 is 0 Å². The Labute approximate surface area is 193 Å². The molecule has 5 rings (SSSR count). The van der Waals surface area contributed by atoms with Crippen molar-refractivity contribution in [1.82, 2.24) is 4.98 Å². The summed E-state index contributed by atoms with van der Waals surface area (Å²) in [5.74, 6) is -0.0331. The molecule has 3 aromatic rings. The Kier molecular flexibility index (Phi) is 5.02. The number of hydrogen-bond donors (Lipinski definition) is 1. The highest BCUT2D eigenvalue weighted by Crippen LogP contribution is 2.47. The molecular formula is C21H20ClN3O3S3. The first-order valence-electron chi connectivity index (χ1n) is 9.70. The van der Waals surface area contributed by atoms with Crippen molar-refractivity contribution in [2.24, 2.45) is 10.7 Å². The van der Waals surface area contributed by atoms with Crippen molar-refractivity contribution in [1.29, 1.82) is 0 Å². The third-order valence-electron chi connectivity index (χ3n) is 5.88. The molecule has 3 aromatic heterocycles. The van der Waals surface area contributed by atoms with Gasteiger partial charge in [-0.2, -0.15) is 0 Å². The number of halogens is 1. The third-order valence-corrected chi connectivity index (χ3v) is 11.3. The monoisotopic (exact) mass is 493 g/mol. The largest absolute Gasteiger partial charge is 0.386 e. The number of hydrogen-bond acceptors (Lipinski definition) is 8. The van der Waals surface area contributed by atoms with E-state index in [1.807, 2.05) is 35.7 Å². The number of sulfone groups is 1. The van der Waals surface area contributed by atoms with Crippen molar-refractivity contribution >= 4 is 49.9 Å². The van der Waals surface area contributed by atoms with Gasteiger partial charge in [0, 0.05) is 17.7 Å². The fourth-order valence-corrected chi connectivity index (χ4v) is 8.86. The van der Waals surface area contributed by atoms with Gasteiger partial charge in [-0.15, -0.1) is 22.7 Å². The first kappa shape index (κ1) is 21.1. The molecule has 31 heavy (non-hydrogen) atoms. The smallest absolute Gasteiger partial charge is 0.168 e. The minimum atomic E-state index is -3.58. The third kappa shape index (κ3) is 3.34. The highest BCUT2D eigenvalue weighted by Gasteiger charge is 2.57. The molecule has 0 bridgehead atoms. The van der Waals surface area contributed by atoms with Gasteiger partial charge in [0.25, 0.3) is 0 Å². The SMILES string of the molecule is CC1(c2sc(-c3ccnc(-c4cccs4)c3)cc2Cl)CS(=O)(=O)C2(CCOC2)C(N)=N1. The van der Waals surface area contributed by atoms with Crippen molar-refractivity contribution < 1.29 is 13.2 Å². The van der Waals surface area contributed by atoms with Crippen LogP contribution in [0.15, 0.2) is 46.9 Å². The molecular weight excluding hydrogens is 474 g/mol. The Balaban J connectivity index is 1.56. The van der Waals surface area contributed by atoms with Crippen LogP contribution in [0.2, 0.25) is 5.02 Å². The zero-order chi connectivity index (χ0) is 21.9. The van der Waals surface area contributed by atoms with E-state index in [9.17, 15) is 8.42 Å². The van der Waals surface area contributed by atoms with Crippen molar-refractivity contribution in [3.63, 3.8) is 0 Å². The fourth-order valence-electron chi connectivity index (χ4n) is 4.20. The summed E-state index contributed by atoms with van der Waals surface area (Å²) in [6.07, 6.45) is 2.11. The lowest BCUT2D eigenvalue weighted by Gasteiger charge is -2.38. The Morgan fingerprint density at radius 3 is 2.77 bits per heavy atom. The number of pyridine rings is 1. The molecule has 0 saturated carbocycles. The first-order chi connectivity index (χ1) is 14.7. The van der Waals surface area contributed by atoms with Gasteiger partial charge < -0.3 is 10.5 Å². The molecule has 5 heterocycles. The maximum atomic E-state index is 13.3. The first-order valence-corrected chi connectivity index (χ1v) is 13.4. The van der Waals surface area contributed by atoms with Gasteiger partial charge in [0.05, 0.1) is 32.8 Å². The second-order valence-electron chi connectivity index (χ2n) is 8.02. The number of aromatic nitrogens is 1. The number of rotatable bonds is 3. The summed E-state index contributed by atoms with van der Waals surface area (Å²) in [6.45, 7) is 2.21. The van der Waals surface area contributed by atoms with Crippen molar-refractivity contribution in [3.8, 4) is 21.0 Å². The lowest BCUT2D eigenvalue weighted by Crippen LogP contribution is -2.58. The summed E-state index contributed by atoms with van der Waals surface area (Å²) in [5, 5.41) is 2.50. The molecule has 10 heteroatoms. The molecule has 2 unspecified atom stereocenters.